The number of aromatic nitrogens is 6. The van der Waals surface area contributed by atoms with Crippen LogP contribution in [0.25, 0.3) is 22.1 Å². The molecule has 4 aromatic heterocycles. The van der Waals surface area contributed by atoms with E-state index in [1.54, 1.807) is 23.9 Å². The Morgan fingerprint density at radius 2 is 2.08 bits per heavy atom. The number of hydrogen-bond acceptors (Lipinski definition) is 5. The number of carbonyl (C=O) groups excluding carboxylic acids is 1. The van der Waals surface area contributed by atoms with Crippen LogP contribution >= 0.6 is 0 Å². The number of aromatic amines is 2. The maximum Gasteiger partial charge on any atom is 0.257 e. The summed E-state index contributed by atoms with van der Waals surface area (Å²) in [5.74, 6) is 0.0339. The summed E-state index contributed by atoms with van der Waals surface area (Å²) in [5, 5.41) is 15.2. The highest BCUT2D eigenvalue weighted by Crippen LogP contribution is 2.24. The third-order valence-electron chi connectivity index (χ3n) is 4.03. The SMILES string of the molecule is Cc1cc(C(=O)Nc2n[nH]c3[nH]c(=O)ccc23)c2c(C)nn(C)c2n1. The van der Waals surface area contributed by atoms with E-state index in [4.69, 9.17) is 0 Å². The second-order valence-corrected chi connectivity index (χ2v) is 5.86. The molecule has 0 aromatic carbocycles. The lowest BCUT2D eigenvalue weighted by Crippen LogP contribution is -2.14. The maximum absolute atomic E-state index is 12.8. The average Bonchev–Trinajstić information content (AvgIpc) is 3.07. The van der Waals surface area contributed by atoms with Gasteiger partial charge in [-0.2, -0.15) is 10.2 Å². The maximum atomic E-state index is 12.8. The van der Waals surface area contributed by atoms with Crippen LogP contribution in [0.4, 0.5) is 5.82 Å². The van der Waals surface area contributed by atoms with Crippen molar-refractivity contribution in [2.75, 3.05) is 5.32 Å². The van der Waals surface area contributed by atoms with E-state index >= 15 is 0 Å². The molecule has 4 heterocycles. The van der Waals surface area contributed by atoms with Gasteiger partial charge in [-0.05, 0) is 26.0 Å². The average molecular weight is 337 g/mol. The predicted octanol–water partition coefficient (Wildman–Crippen LogP) is 1.40. The van der Waals surface area contributed by atoms with Crippen molar-refractivity contribution in [3.05, 3.63) is 45.5 Å². The lowest BCUT2D eigenvalue weighted by Gasteiger charge is -2.06. The quantitative estimate of drug-likeness (QED) is 0.510. The highest BCUT2D eigenvalue weighted by Gasteiger charge is 2.19. The van der Waals surface area contributed by atoms with E-state index in [1.807, 2.05) is 13.8 Å². The Kier molecular flexibility index (Phi) is 3.17. The number of nitrogens with one attached hydrogen (secondary N) is 3. The number of hydrogen-bond donors (Lipinski definition) is 3. The molecule has 126 valence electrons. The highest BCUT2D eigenvalue weighted by molar-refractivity contribution is 6.14. The molecule has 3 N–H and O–H groups in total. The Labute approximate surface area is 141 Å². The molecule has 9 heteroatoms. The van der Waals surface area contributed by atoms with Gasteiger partial charge in [-0.25, -0.2) is 4.98 Å². The van der Waals surface area contributed by atoms with Crippen LogP contribution in [0.15, 0.2) is 23.0 Å². The first-order valence-electron chi connectivity index (χ1n) is 7.64. The Bertz CT molecular complexity index is 1200. The van der Waals surface area contributed by atoms with Gasteiger partial charge >= 0.3 is 0 Å². The van der Waals surface area contributed by atoms with Crippen LogP contribution in [-0.2, 0) is 7.05 Å². The number of aryl methyl sites for hydroxylation is 3. The van der Waals surface area contributed by atoms with Gasteiger partial charge in [0.25, 0.3) is 5.91 Å². The number of fused-ring (bicyclic) bond motifs is 2. The van der Waals surface area contributed by atoms with Crippen molar-refractivity contribution in [3.8, 4) is 0 Å². The first-order valence-corrected chi connectivity index (χ1v) is 7.64. The molecule has 0 aliphatic carbocycles. The topological polar surface area (TPSA) is 121 Å². The molecule has 1 amide bonds. The number of rotatable bonds is 2. The van der Waals surface area contributed by atoms with Crippen LogP contribution < -0.4 is 10.9 Å². The highest BCUT2D eigenvalue weighted by atomic mass is 16.1. The number of anilines is 1. The lowest BCUT2D eigenvalue weighted by atomic mass is 10.1. The summed E-state index contributed by atoms with van der Waals surface area (Å²) >= 11 is 0. The van der Waals surface area contributed by atoms with Crippen LogP contribution in [0.3, 0.4) is 0 Å². The molecule has 0 unspecified atom stereocenters. The first-order chi connectivity index (χ1) is 11.9. The molecule has 0 atom stereocenters. The minimum absolute atomic E-state index is 0.244. The summed E-state index contributed by atoms with van der Waals surface area (Å²) in [6, 6.07) is 4.71. The third-order valence-corrected chi connectivity index (χ3v) is 4.03. The van der Waals surface area contributed by atoms with Gasteiger partial charge < -0.3 is 10.3 Å². The van der Waals surface area contributed by atoms with E-state index in [-0.39, 0.29) is 11.5 Å². The van der Waals surface area contributed by atoms with Crippen molar-refractivity contribution >= 4 is 33.8 Å². The van der Waals surface area contributed by atoms with Crippen molar-refractivity contribution < 1.29 is 4.79 Å². The van der Waals surface area contributed by atoms with Crippen LogP contribution in [0.2, 0.25) is 0 Å². The summed E-state index contributed by atoms with van der Waals surface area (Å²) < 4.78 is 1.66. The van der Waals surface area contributed by atoms with Gasteiger partial charge in [0, 0.05) is 18.8 Å². The fourth-order valence-electron chi connectivity index (χ4n) is 2.95. The molecule has 0 saturated carbocycles. The van der Waals surface area contributed by atoms with E-state index in [9.17, 15) is 9.59 Å². The second-order valence-electron chi connectivity index (χ2n) is 5.86. The van der Waals surface area contributed by atoms with Gasteiger partial charge in [0.15, 0.2) is 11.5 Å². The van der Waals surface area contributed by atoms with Crippen molar-refractivity contribution in [2.24, 2.45) is 7.05 Å². The van der Waals surface area contributed by atoms with E-state index in [0.717, 1.165) is 11.4 Å². The standard InChI is InChI=1S/C16H15N7O2/c1-7-6-10(12-8(2)22-23(3)15(12)17-7)16(25)19-14-9-4-5-11(24)18-13(9)20-21-14/h4-6H,1-3H3,(H3,18,19,20,21,24,25). The minimum atomic E-state index is -0.314. The predicted molar refractivity (Wildman–Crippen MR) is 92.7 cm³/mol. The minimum Gasteiger partial charge on any atom is -0.307 e. The zero-order valence-electron chi connectivity index (χ0n) is 13.8. The summed E-state index contributed by atoms with van der Waals surface area (Å²) in [6.07, 6.45) is 0. The van der Waals surface area contributed by atoms with Crippen LogP contribution in [-0.4, -0.2) is 35.9 Å². The van der Waals surface area contributed by atoms with E-state index in [2.05, 4.69) is 30.6 Å². The Morgan fingerprint density at radius 3 is 2.88 bits per heavy atom. The third kappa shape index (κ3) is 2.36. The van der Waals surface area contributed by atoms with Gasteiger partial charge in [-0.3, -0.25) is 19.4 Å². The second kappa shape index (κ2) is 5.26. The molecule has 0 spiro atoms. The summed E-state index contributed by atoms with van der Waals surface area (Å²) in [6.45, 7) is 3.66. The number of H-pyrrole nitrogens is 2. The molecule has 0 fully saturated rings. The molecule has 25 heavy (non-hydrogen) atoms. The van der Waals surface area contributed by atoms with Crippen molar-refractivity contribution in [3.63, 3.8) is 0 Å². The zero-order valence-corrected chi connectivity index (χ0v) is 13.8. The van der Waals surface area contributed by atoms with Crippen molar-refractivity contribution in [1.29, 1.82) is 0 Å². The summed E-state index contributed by atoms with van der Waals surface area (Å²) in [5.41, 5.74) is 2.79. The molecule has 4 aromatic rings. The van der Waals surface area contributed by atoms with E-state index in [0.29, 0.717) is 33.4 Å². The molecule has 9 nitrogen and oxygen atoms in total. The normalized spacial score (nSPS) is 11.3. The monoisotopic (exact) mass is 337 g/mol. The number of carbonyl (C=O) groups is 1. The van der Waals surface area contributed by atoms with Gasteiger partial charge in [0.1, 0.15) is 5.65 Å². The number of nitrogens with zero attached hydrogens (tertiary/aromatic N) is 4. The van der Waals surface area contributed by atoms with E-state index in [1.165, 1.54) is 6.07 Å². The van der Waals surface area contributed by atoms with Crippen molar-refractivity contribution in [1.82, 2.24) is 29.9 Å². The molecular weight excluding hydrogens is 322 g/mol. The van der Waals surface area contributed by atoms with Gasteiger partial charge in [-0.1, -0.05) is 0 Å². The van der Waals surface area contributed by atoms with Crippen molar-refractivity contribution in [2.45, 2.75) is 13.8 Å². The first kappa shape index (κ1) is 15.1. The Balaban J connectivity index is 1.81. The summed E-state index contributed by atoms with van der Waals surface area (Å²) in [7, 11) is 1.79. The van der Waals surface area contributed by atoms with Gasteiger partial charge in [-0.15, -0.1) is 0 Å². The fourth-order valence-corrected chi connectivity index (χ4v) is 2.95. The van der Waals surface area contributed by atoms with Gasteiger partial charge in [0.05, 0.1) is 22.0 Å². The summed E-state index contributed by atoms with van der Waals surface area (Å²) in [4.78, 5) is 31.3. The molecule has 4 rings (SSSR count). The smallest absolute Gasteiger partial charge is 0.257 e. The van der Waals surface area contributed by atoms with Gasteiger partial charge in [0.2, 0.25) is 5.56 Å². The van der Waals surface area contributed by atoms with E-state index < -0.39 is 0 Å². The fraction of sp³-hybridized carbons (Fsp3) is 0.188. The molecule has 0 bridgehead atoms. The number of amides is 1. The van der Waals surface area contributed by atoms with Crippen LogP contribution in [0.1, 0.15) is 21.7 Å². The molecule has 0 saturated heterocycles. The Morgan fingerprint density at radius 1 is 1.28 bits per heavy atom. The largest absolute Gasteiger partial charge is 0.307 e. The lowest BCUT2D eigenvalue weighted by molar-refractivity contribution is 0.102. The number of pyridine rings is 2. The molecule has 0 aliphatic rings. The zero-order chi connectivity index (χ0) is 17.7. The molecule has 0 aliphatic heterocycles. The van der Waals surface area contributed by atoms with Crippen LogP contribution in [0, 0.1) is 13.8 Å². The molecular formula is C16H15N7O2. The Hall–Kier alpha value is -3.49. The van der Waals surface area contributed by atoms with Crippen LogP contribution in [0.5, 0.6) is 0 Å². The molecule has 0 radical (unpaired) electrons.